The number of nitrogens with zero attached hydrogens (tertiary/aromatic N) is 2. The van der Waals surface area contributed by atoms with Gasteiger partial charge in [-0.15, -0.1) is 11.3 Å². The maximum Gasteiger partial charge on any atom is 0.262 e. The monoisotopic (exact) mass is 341 g/mol. The molecule has 0 unspecified atom stereocenters. The first kappa shape index (κ1) is 16.4. The maximum atomic E-state index is 12.4. The van der Waals surface area contributed by atoms with Crippen LogP contribution in [0.3, 0.4) is 0 Å². The van der Waals surface area contributed by atoms with Crippen molar-refractivity contribution in [2.24, 2.45) is 0 Å². The van der Waals surface area contributed by atoms with Crippen molar-refractivity contribution in [2.45, 2.75) is 32.4 Å². The van der Waals surface area contributed by atoms with Crippen molar-refractivity contribution < 1.29 is 4.79 Å². The summed E-state index contributed by atoms with van der Waals surface area (Å²) in [6.07, 6.45) is 3.26. The van der Waals surface area contributed by atoms with Gasteiger partial charge in [0.15, 0.2) is 0 Å². The van der Waals surface area contributed by atoms with E-state index in [1.165, 1.54) is 22.2 Å². The van der Waals surface area contributed by atoms with Crippen LogP contribution >= 0.6 is 11.3 Å². The van der Waals surface area contributed by atoms with Crippen LogP contribution in [-0.2, 0) is 11.3 Å². The number of nitrogens with one attached hydrogen (secondary N) is 1. The maximum absolute atomic E-state index is 12.4. The van der Waals surface area contributed by atoms with Crippen LogP contribution in [0.4, 0.5) is 0 Å². The highest BCUT2D eigenvalue weighted by Crippen LogP contribution is 2.18. The summed E-state index contributed by atoms with van der Waals surface area (Å²) in [6, 6.07) is 11.6. The summed E-state index contributed by atoms with van der Waals surface area (Å²) in [5.41, 5.74) is 0.898. The van der Waals surface area contributed by atoms with Crippen LogP contribution in [0.15, 0.2) is 52.9 Å². The van der Waals surface area contributed by atoms with Gasteiger partial charge < -0.3 is 5.32 Å². The highest BCUT2D eigenvalue weighted by molar-refractivity contribution is 7.16. The SMILES string of the molecule is CCC[C@@H](NC(=O)Cn1cnc2sccc2c1=O)c1ccccc1. The minimum Gasteiger partial charge on any atom is -0.348 e. The largest absolute Gasteiger partial charge is 0.348 e. The van der Waals surface area contributed by atoms with E-state index in [1.807, 2.05) is 35.7 Å². The van der Waals surface area contributed by atoms with E-state index in [2.05, 4.69) is 17.2 Å². The number of carbonyl (C=O) groups is 1. The number of hydrogen-bond donors (Lipinski definition) is 1. The fraction of sp³-hybridized carbons (Fsp3) is 0.278. The van der Waals surface area contributed by atoms with E-state index >= 15 is 0 Å². The minimum absolute atomic E-state index is 0.0231. The molecule has 0 aliphatic carbocycles. The van der Waals surface area contributed by atoms with Gasteiger partial charge in [0.1, 0.15) is 11.4 Å². The first-order chi connectivity index (χ1) is 11.7. The van der Waals surface area contributed by atoms with Crippen molar-refractivity contribution in [3.05, 3.63) is 64.0 Å². The molecule has 0 radical (unpaired) electrons. The molecule has 6 heteroatoms. The molecule has 3 rings (SSSR count). The average Bonchev–Trinajstić information content (AvgIpc) is 3.07. The Morgan fingerprint density at radius 3 is 2.83 bits per heavy atom. The van der Waals surface area contributed by atoms with Crippen molar-refractivity contribution in [3.63, 3.8) is 0 Å². The Bertz CT molecular complexity index is 886. The molecule has 0 spiro atoms. The lowest BCUT2D eigenvalue weighted by Gasteiger charge is -2.19. The number of fused-ring (bicyclic) bond motifs is 1. The summed E-state index contributed by atoms with van der Waals surface area (Å²) in [6.45, 7) is 2.06. The third kappa shape index (κ3) is 3.54. The third-order valence-corrected chi connectivity index (χ3v) is 4.70. The lowest BCUT2D eigenvalue weighted by Crippen LogP contribution is -2.34. The fourth-order valence-corrected chi connectivity index (χ4v) is 3.42. The summed E-state index contributed by atoms with van der Waals surface area (Å²) in [4.78, 5) is 29.7. The van der Waals surface area contributed by atoms with Gasteiger partial charge in [0, 0.05) is 0 Å². The molecular formula is C18H19N3O2S. The molecule has 0 aliphatic rings. The Morgan fingerprint density at radius 2 is 2.08 bits per heavy atom. The molecule has 2 heterocycles. The van der Waals surface area contributed by atoms with Crippen LogP contribution in [0.5, 0.6) is 0 Å². The Labute approximate surface area is 144 Å². The van der Waals surface area contributed by atoms with Crippen molar-refractivity contribution in [1.29, 1.82) is 0 Å². The molecule has 24 heavy (non-hydrogen) atoms. The predicted octanol–water partition coefficient (Wildman–Crippen LogP) is 3.12. The predicted molar refractivity (Wildman–Crippen MR) is 96.1 cm³/mol. The number of carbonyl (C=O) groups excluding carboxylic acids is 1. The molecule has 5 nitrogen and oxygen atoms in total. The van der Waals surface area contributed by atoms with E-state index in [-0.39, 0.29) is 24.1 Å². The molecule has 0 fully saturated rings. The van der Waals surface area contributed by atoms with Gasteiger partial charge in [-0.1, -0.05) is 43.7 Å². The molecule has 0 saturated heterocycles. The van der Waals surface area contributed by atoms with E-state index in [1.54, 1.807) is 6.07 Å². The van der Waals surface area contributed by atoms with Crippen LogP contribution < -0.4 is 10.9 Å². The quantitative estimate of drug-likeness (QED) is 0.749. The highest BCUT2D eigenvalue weighted by atomic mass is 32.1. The van der Waals surface area contributed by atoms with Crippen molar-refractivity contribution in [3.8, 4) is 0 Å². The van der Waals surface area contributed by atoms with Gasteiger partial charge >= 0.3 is 0 Å². The van der Waals surface area contributed by atoms with E-state index in [9.17, 15) is 9.59 Å². The molecule has 0 saturated carbocycles. The Hall–Kier alpha value is -2.47. The summed E-state index contributed by atoms with van der Waals surface area (Å²) in [5.74, 6) is -0.184. The van der Waals surface area contributed by atoms with Gasteiger partial charge in [0.25, 0.3) is 5.56 Å². The lowest BCUT2D eigenvalue weighted by molar-refractivity contribution is -0.122. The minimum atomic E-state index is -0.184. The van der Waals surface area contributed by atoms with E-state index in [0.29, 0.717) is 10.2 Å². The molecule has 1 amide bonds. The van der Waals surface area contributed by atoms with Crippen molar-refractivity contribution in [2.75, 3.05) is 0 Å². The van der Waals surface area contributed by atoms with E-state index in [4.69, 9.17) is 0 Å². The standard InChI is InChI=1S/C18H19N3O2S/c1-2-6-15(13-7-4-3-5-8-13)20-16(22)11-21-12-19-17-14(18(21)23)9-10-24-17/h3-5,7-10,12,15H,2,6,11H2,1H3,(H,20,22)/t15-/m1/s1. The highest BCUT2D eigenvalue weighted by Gasteiger charge is 2.15. The summed E-state index contributed by atoms with van der Waals surface area (Å²) >= 11 is 1.42. The van der Waals surface area contributed by atoms with Crippen LogP contribution in [0.1, 0.15) is 31.4 Å². The second-order valence-corrected chi connectivity index (χ2v) is 6.53. The van der Waals surface area contributed by atoms with Crippen molar-refractivity contribution >= 4 is 27.5 Å². The topological polar surface area (TPSA) is 64.0 Å². The zero-order chi connectivity index (χ0) is 16.9. The number of amides is 1. The number of aromatic nitrogens is 2. The van der Waals surface area contributed by atoms with Crippen LogP contribution in [0, 0.1) is 0 Å². The average molecular weight is 341 g/mol. The summed E-state index contributed by atoms with van der Waals surface area (Å²) < 4.78 is 1.36. The van der Waals surface area contributed by atoms with Gasteiger partial charge in [-0.3, -0.25) is 14.2 Å². The number of benzene rings is 1. The molecule has 0 bridgehead atoms. The molecule has 3 aromatic rings. The van der Waals surface area contributed by atoms with Gasteiger partial charge in [-0.2, -0.15) is 0 Å². The van der Waals surface area contributed by atoms with Crippen LogP contribution in [-0.4, -0.2) is 15.5 Å². The smallest absolute Gasteiger partial charge is 0.262 e. The number of rotatable bonds is 6. The second kappa shape index (κ2) is 7.40. The third-order valence-electron chi connectivity index (χ3n) is 3.88. The molecular weight excluding hydrogens is 322 g/mol. The molecule has 0 aliphatic heterocycles. The molecule has 124 valence electrons. The van der Waals surface area contributed by atoms with Gasteiger partial charge in [0.05, 0.1) is 17.8 Å². The zero-order valence-corrected chi connectivity index (χ0v) is 14.3. The molecule has 1 aromatic carbocycles. The van der Waals surface area contributed by atoms with E-state index in [0.717, 1.165) is 18.4 Å². The van der Waals surface area contributed by atoms with E-state index < -0.39 is 0 Å². The van der Waals surface area contributed by atoms with Gasteiger partial charge in [-0.05, 0) is 23.4 Å². The Morgan fingerprint density at radius 1 is 1.29 bits per heavy atom. The first-order valence-corrected chi connectivity index (χ1v) is 8.84. The Balaban J connectivity index is 1.75. The fourth-order valence-electron chi connectivity index (χ4n) is 2.70. The lowest BCUT2D eigenvalue weighted by atomic mass is 10.0. The van der Waals surface area contributed by atoms with Crippen LogP contribution in [0.2, 0.25) is 0 Å². The molecule has 1 atom stereocenters. The normalized spacial score (nSPS) is 12.2. The molecule has 2 aromatic heterocycles. The summed E-state index contributed by atoms with van der Waals surface area (Å²) in [5, 5.41) is 5.42. The first-order valence-electron chi connectivity index (χ1n) is 7.96. The van der Waals surface area contributed by atoms with Gasteiger partial charge in [0.2, 0.25) is 5.91 Å². The molecule has 1 N–H and O–H groups in total. The summed E-state index contributed by atoms with van der Waals surface area (Å²) in [7, 11) is 0. The van der Waals surface area contributed by atoms with Crippen LogP contribution in [0.25, 0.3) is 10.2 Å². The second-order valence-electron chi connectivity index (χ2n) is 5.64. The number of thiophene rings is 1. The number of hydrogen-bond acceptors (Lipinski definition) is 4. The van der Waals surface area contributed by atoms with Crippen molar-refractivity contribution in [1.82, 2.24) is 14.9 Å². The van der Waals surface area contributed by atoms with Gasteiger partial charge in [-0.25, -0.2) is 4.98 Å². The zero-order valence-electron chi connectivity index (χ0n) is 13.4. The Kier molecular flexibility index (Phi) is 5.05.